The Morgan fingerprint density at radius 3 is 2.07 bits per heavy atom. The van der Waals surface area contributed by atoms with Gasteiger partial charge in [-0.1, -0.05) is 67.6 Å². The maximum atomic E-state index is 15.5. The van der Waals surface area contributed by atoms with E-state index in [4.69, 9.17) is 14.2 Å². The van der Waals surface area contributed by atoms with Gasteiger partial charge in [-0.25, -0.2) is 14.0 Å². The Bertz CT molecular complexity index is 1370. The summed E-state index contributed by atoms with van der Waals surface area (Å²) in [4.78, 5) is 41.9. The minimum absolute atomic E-state index is 0.0175. The van der Waals surface area contributed by atoms with Gasteiger partial charge in [0, 0.05) is 32.6 Å². The number of aliphatic hydroxyl groups excluding tert-OH is 1. The lowest BCUT2D eigenvalue weighted by Gasteiger charge is -2.36. The first kappa shape index (κ1) is 32.3. The zero-order valence-corrected chi connectivity index (χ0v) is 24.8. The highest BCUT2D eigenvalue weighted by atomic mass is 19.1. The molecule has 3 aromatic carbocycles. The van der Waals surface area contributed by atoms with E-state index in [2.05, 4.69) is 0 Å². The molecule has 1 aliphatic rings. The first-order valence-electron chi connectivity index (χ1n) is 14.7. The van der Waals surface area contributed by atoms with Crippen molar-refractivity contribution in [1.29, 1.82) is 0 Å². The second kappa shape index (κ2) is 16.3. The van der Waals surface area contributed by atoms with Crippen molar-refractivity contribution in [2.45, 2.75) is 39.1 Å². The van der Waals surface area contributed by atoms with Crippen molar-refractivity contribution in [2.75, 3.05) is 49.1 Å². The lowest BCUT2D eigenvalue weighted by Crippen LogP contribution is -2.49. The molecule has 1 fully saturated rings. The Labute approximate surface area is 256 Å². The van der Waals surface area contributed by atoms with Crippen LogP contribution in [0.15, 0.2) is 78.9 Å². The summed E-state index contributed by atoms with van der Waals surface area (Å²) in [6, 6.07) is 22.8. The summed E-state index contributed by atoms with van der Waals surface area (Å²) >= 11 is 0. The van der Waals surface area contributed by atoms with Crippen molar-refractivity contribution in [3.8, 4) is 0 Å². The molecule has 0 radical (unpaired) electrons. The van der Waals surface area contributed by atoms with Crippen LogP contribution in [-0.4, -0.2) is 73.6 Å². The number of esters is 1. The molecule has 2 amide bonds. The summed E-state index contributed by atoms with van der Waals surface area (Å²) in [5.74, 6) is -1.03. The monoisotopic (exact) mass is 607 g/mol. The van der Waals surface area contributed by atoms with Crippen LogP contribution in [0, 0.1) is 5.82 Å². The molecule has 0 aliphatic carbocycles. The molecule has 0 unspecified atom stereocenters. The number of hydrogen-bond donors (Lipinski definition) is 1. The Morgan fingerprint density at radius 1 is 0.864 bits per heavy atom. The molecule has 234 valence electrons. The Balaban J connectivity index is 1.39. The van der Waals surface area contributed by atoms with Gasteiger partial charge in [-0.3, -0.25) is 9.69 Å². The van der Waals surface area contributed by atoms with Crippen molar-refractivity contribution in [3.05, 3.63) is 95.8 Å². The number of nitrogens with zero attached hydrogens (tertiary/aromatic N) is 3. The number of halogens is 1. The predicted octanol–water partition coefficient (Wildman–Crippen LogP) is 5.13. The van der Waals surface area contributed by atoms with Crippen LogP contribution in [0.4, 0.5) is 25.4 Å². The molecular weight excluding hydrogens is 569 g/mol. The zero-order chi connectivity index (χ0) is 31.3. The molecule has 4 rings (SSSR count). The Hall–Kier alpha value is -4.64. The number of carbonyl (C=O) groups excluding carboxylic acids is 3. The van der Waals surface area contributed by atoms with Crippen molar-refractivity contribution in [2.24, 2.45) is 0 Å². The first-order chi connectivity index (χ1) is 21.3. The summed E-state index contributed by atoms with van der Waals surface area (Å²) in [7, 11) is 0. The number of benzene rings is 3. The van der Waals surface area contributed by atoms with Crippen LogP contribution in [0.3, 0.4) is 0 Å². The van der Waals surface area contributed by atoms with Gasteiger partial charge in [-0.05, 0) is 35.7 Å². The molecule has 1 saturated heterocycles. The normalized spacial score (nSPS) is 13.6. The SMILES string of the molecule is CCCC(=O)OC[C@H](O)CN(C(=O)OCc1ccccc1)c1ccc(N2CCN(C(=O)OCc3ccccc3)CC2)c(F)c1. The third kappa shape index (κ3) is 9.43. The highest BCUT2D eigenvalue weighted by molar-refractivity contribution is 5.88. The summed E-state index contributed by atoms with van der Waals surface area (Å²) in [6.45, 7) is 2.89. The van der Waals surface area contributed by atoms with Crippen LogP contribution in [0.2, 0.25) is 0 Å². The van der Waals surface area contributed by atoms with E-state index in [0.29, 0.717) is 38.3 Å². The first-order valence-corrected chi connectivity index (χ1v) is 14.7. The highest BCUT2D eigenvalue weighted by Crippen LogP contribution is 2.27. The van der Waals surface area contributed by atoms with Crippen LogP contribution in [0.25, 0.3) is 0 Å². The maximum Gasteiger partial charge on any atom is 0.414 e. The van der Waals surface area contributed by atoms with Crippen LogP contribution in [-0.2, 0) is 32.2 Å². The summed E-state index contributed by atoms with van der Waals surface area (Å²) in [5, 5.41) is 10.6. The van der Waals surface area contributed by atoms with E-state index in [1.54, 1.807) is 29.2 Å². The van der Waals surface area contributed by atoms with Gasteiger partial charge in [0.1, 0.15) is 31.7 Å². The van der Waals surface area contributed by atoms with Crippen LogP contribution < -0.4 is 9.80 Å². The number of anilines is 2. The third-order valence-electron chi connectivity index (χ3n) is 7.04. The van der Waals surface area contributed by atoms with Gasteiger partial charge in [-0.2, -0.15) is 0 Å². The van der Waals surface area contributed by atoms with E-state index in [0.717, 1.165) is 16.0 Å². The average molecular weight is 608 g/mol. The van der Waals surface area contributed by atoms with E-state index in [1.165, 1.54) is 6.07 Å². The molecule has 1 atom stereocenters. The second-order valence-corrected chi connectivity index (χ2v) is 10.4. The molecule has 0 bridgehead atoms. The van der Waals surface area contributed by atoms with Gasteiger partial charge in [0.15, 0.2) is 0 Å². The van der Waals surface area contributed by atoms with E-state index in [9.17, 15) is 19.5 Å². The van der Waals surface area contributed by atoms with Gasteiger partial charge in [0.05, 0.1) is 17.9 Å². The Morgan fingerprint density at radius 2 is 1.48 bits per heavy atom. The van der Waals surface area contributed by atoms with Crippen molar-refractivity contribution in [1.82, 2.24) is 4.90 Å². The van der Waals surface area contributed by atoms with Gasteiger partial charge in [0.25, 0.3) is 0 Å². The average Bonchev–Trinajstić information content (AvgIpc) is 3.05. The molecule has 0 saturated carbocycles. The maximum absolute atomic E-state index is 15.5. The van der Waals surface area contributed by atoms with E-state index in [1.807, 2.05) is 60.4 Å². The molecule has 1 heterocycles. The minimum Gasteiger partial charge on any atom is -0.463 e. The second-order valence-electron chi connectivity index (χ2n) is 10.4. The number of ether oxygens (including phenoxy) is 3. The Kier molecular flexibility index (Phi) is 11.9. The zero-order valence-electron chi connectivity index (χ0n) is 24.8. The van der Waals surface area contributed by atoms with E-state index in [-0.39, 0.29) is 38.5 Å². The fourth-order valence-electron chi connectivity index (χ4n) is 4.67. The molecule has 0 spiro atoms. The third-order valence-corrected chi connectivity index (χ3v) is 7.04. The lowest BCUT2D eigenvalue weighted by molar-refractivity contribution is -0.146. The van der Waals surface area contributed by atoms with Gasteiger partial charge in [0.2, 0.25) is 0 Å². The predicted molar refractivity (Wildman–Crippen MR) is 163 cm³/mol. The number of amides is 2. The summed E-state index contributed by atoms with van der Waals surface area (Å²) in [5.41, 5.74) is 2.15. The quantitative estimate of drug-likeness (QED) is 0.223. The number of aliphatic hydroxyl groups is 1. The number of carbonyl (C=O) groups is 3. The van der Waals surface area contributed by atoms with Crippen molar-refractivity contribution >= 4 is 29.5 Å². The van der Waals surface area contributed by atoms with Crippen LogP contribution in [0.1, 0.15) is 30.9 Å². The van der Waals surface area contributed by atoms with Crippen LogP contribution >= 0.6 is 0 Å². The number of hydrogen-bond acceptors (Lipinski definition) is 8. The molecule has 1 N–H and O–H groups in total. The minimum atomic E-state index is -1.22. The van der Waals surface area contributed by atoms with Crippen LogP contribution in [0.5, 0.6) is 0 Å². The van der Waals surface area contributed by atoms with Gasteiger partial charge in [-0.15, -0.1) is 0 Å². The largest absolute Gasteiger partial charge is 0.463 e. The fourth-order valence-corrected chi connectivity index (χ4v) is 4.67. The standard InChI is InChI=1S/C33H38FN3O7/c1-2-9-31(39)42-24-28(38)21-37(33(41)44-23-26-12-7-4-8-13-26)27-14-15-30(29(34)20-27)35-16-18-36(19-17-35)32(40)43-22-25-10-5-3-6-11-25/h3-8,10-15,20,28,38H,2,9,16-19,21-24H2,1H3/t28-/m1/s1. The summed E-state index contributed by atoms with van der Waals surface area (Å²) in [6.07, 6.45) is -1.62. The van der Waals surface area contributed by atoms with E-state index >= 15 is 4.39 Å². The fraction of sp³-hybridized carbons (Fsp3) is 0.364. The smallest absolute Gasteiger partial charge is 0.414 e. The van der Waals surface area contributed by atoms with Crippen molar-refractivity contribution < 1.29 is 38.1 Å². The molecule has 0 aromatic heterocycles. The topological polar surface area (TPSA) is 109 Å². The molecule has 11 heteroatoms. The molecule has 10 nitrogen and oxygen atoms in total. The highest BCUT2D eigenvalue weighted by Gasteiger charge is 2.26. The van der Waals surface area contributed by atoms with Gasteiger partial charge < -0.3 is 29.1 Å². The van der Waals surface area contributed by atoms with Crippen molar-refractivity contribution in [3.63, 3.8) is 0 Å². The molecular formula is C33H38FN3O7. The number of rotatable bonds is 12. The molecule has 3 aromatic rings. The number of piperazine rings is 1. The molecule has 44 heavy (non-hydrogen) atoms. The van der Waals surface area contributed by atoms with E-state index < -0.39 is 30.1 Å². The van der Waals surface area contributed by atoms with Gasteiger partial charge >= 0.3 is 18.2 Å². The summed E-state index contributed by atoms with van der Waals surface area (Å²) < 4.78 is 31.5. The lowest BCUT2D eigenvalue weighted by atomic mass is 10.2. The molecule has 1 aliphatic heterocycles.